The number of nitro benzene ring substituents is 1. The maximum absolute atomic E-state index is 13.2. The maximum Gasteiger partial charge on any atom is 0.430 e. The van der Waals surface area contributed by atoms with Crippen molar-refractivity contribution in [2.75, 3.05) is 0 Å². The molecule has 1 atom stereocenters. The lowest BCUT2D eigenvalue weighted by molar-refractivity contribution is -0.384. The number of allylic oxidation sites excluding steroid dienone is 4. The van der Waals surface area contributed by atoms with E-state index in [-0.39, 0.29) is 40.0 Å². The fourth-order valence-corrected chi connectivity index (χ4v) is 2.87. The topological polar surface area (TPSA) is 98.9 Å². The van der Waals surface area contributed by atoms with Gasteiger partial charge in [0.2, 0.25) is 6.10 Å². The van der Waals surface area contributed by atoms with Crippen LogP contribution in [0, 0.1) is 10.1 Å². The predicted molar refractivity (Wildman–Crippen MR) is 94.0 cm³/mol. The van der Waals surface area contributed by atoms with E-state index in [1.54, 1.807) is 0 Å². The van der Waals surface area contributed by atoms with Gasteiger partial charge in [0.05, 0.1) is 15.5 Å². The van der Waals surface area contributed by atoms with Gasteiger partial charge in [0.1, 0.15) is 17.3 Å². The van der Waals surface area contributed by atoms with Crippen molar-refractivity contribution < 1.29 is 37.5 Å². The summed E-state index contributed by atoms with van der Waals surface area (Å²) in [6, 6.07) is 5.12. The molecule has 1 aliphatic carbocycles. The molecule has 1 heterocycles. The molecule has 2 aliphatic rings. The number of alkyl halides is 3. The Balaban J connectivity index is 1.91. The van der Waals surface area contributed by atoms with E-state index in [9.17, 15) is 28.1 Å². The number of halogens is 4. The number of rotatable bonds is 4. The Hall–Kier alpha value is -3.27. The number of non-ortho nitro benzene ring substituents is 1. The molecule has 3 rings (SSSR count). The van der Waals surface area contributed by atoms with E-state index < -0.39 is 28.7 Å². The van der Waals surface area contributed by atoms with Gasteiger partial charge in [0.25, 0.3) is 5.69 Å². The minimum Gasteiger partial charge on any atom is -0.478 e. The lowest BCUT2D eigenvalue weighted by Gasteiger charge is -2.28. The van der Waals surface area contributed by atoms with E-state index >= 15 is 0 Å². The average molecular weight is 430 g/mol. The van der Waals surface area contributed by atoms with Gasteiger partial charge in [-0.05, 0) is 30.4 Å². The van der Waals surface area contributed by atoms with Gasteiger partial charge in [-0.15, -0.1) is 0 Å². The Bertz CT molecular complexity index is 992. The van der Waals surface area contributed by atoms with Gasteiger partial charge in [-0.3, -0.25) is 10.1 Å². The lowest BCUT2D eigenvalue weighted by Crippen LogP contribution is -2.38. The number of fused-ring (bicyclic) bond motifs is 1. The minimum absolute atomic E-state index is 0.0136. The van der Waals surface area contributed by atoms with Crippen molar-refractivity contribution in [3.05, 3.63) is 80.3 Å². The summed E-state index contributed by atoms with van der Waals surface area (Å²) in [4.78, 5) is 21.3. The Morgan fingerprint density at radius 3 is 2.48 bits per heavy atom. The summed E-state index contributed by atoms with van der Waals surface area (Å²) in [7, 11) is 0. The van der Waals surface area contributed by atoms with Crippen molar-refractivity contribution >= 4 is 23.3 Å². The first-order valence-electron chi connectivity index (χ1n) is 7.97. The maximum atomic E-state index is 13.2. The number of hydrogen-bond acceptors (Lipinski definition) is 5. The molecule has 0 fully saturated rings. The van der Waals surface area contributed by atoms with E-state index in [0.717, 1.165) is 6.08 Å². The summed E-state index contributed by atoms with van der Waals surface area (Å²) >= 11 is 6.17. The SMILES string of the molecule is O=C(O)C1=CC2=CC(Cl)=C(Oc3ccc([N+](=O)[O-])cc3)CC=C2OC1C(F)(F)F. The van der Waals surface area contributed by atoms with Gasteiger partial charge < -0.3 is 14.6 Å². The first-order chi connectivity index (χ1) is 13.6. The third-order valence-corrected chi connectivity index (χ3v) is 4.30. The van der Waals surface area contributed by atoms with E-state index in [1.807, 2.05) is 0 Å². The normalized spacial score (nSPS) is 19.2. The first kappa shape index (κ1) is 20.5. The molecular weight excluding hydrogens is 419 g/mol. The van der Waals surface area contributed by atoms with Crippen LogP contribution in [0.15, 0.2) is 70.2 Å². The fourth-order valence-electron chi connectivity index (χ4n) is 2.64. The molecule has 7 nitrogen and oxygen atoms in total. The summed E-state index contributed by atoms with van der Waals surface area (Å²) in [5.74, 6) is -1.58. The Morgan fingerprint density at radius 1 is 1.28 bits per heavy atom. The molecule has 11 heteroatoms. The third kappa shape index (κ3) is 4.43. The van der Waals surface area contributed by atoms with Crippen molar-refractivity contribution in [3.8, 4) is 5.75 Å². The molecule has 1 unspecified atom stereocenters. The number of nitrogens with zero attached hydrogens (tertiary/aromatic N) is 1. The van der Waals surface area contributed by atoms with Crippen LogP contribution in [0.3, 0.4) is 0 Å². The van der Waals surface area contributed by atoms with Crippen LogP contribution in [0.25, 0.3) is 0 Å². The summed E-state index contributed by atoms with van der Waals surface area (Å²) in [5.41, 5.74) is -1.06. The van der Waals surface area contributed by atoms with E-state index in [4.69, 9.17) is 26.2 Å². The average Bonchev–Trinajstić information content (AvgIpc) is 2.79. The molecule has 1 N–H and O–H groups in total. The highest BCUT2D eigenvalue weighted by atomic mass is 35.5. The summed E-state index contributed by atoms with van der Waals surface area (Å²) in [5, 5.41) is 19.8. The van der Waals surface area contributed by atoms with Gasteiger partial charge in [0.15, 0.2) is 0 Å². The molecule has 0 amide bonds. The monoisotopic (exact) mass is 429 g/mol. The zero-order valence-electron chi connectivity index (χ0n) is 14.3. The highest BCUT2D eigenvalue weighted by Gasteiger charge is 2.49. The number of benzene rings is 1. The number of carboxylic acids is 1. The molecule has 1 aromatic rings. The number of carboxylic acid groups (broad SMARTS) is 1. The zero-order valence-corrected chi connectivity index (χ0v) is 15.0. The van der Waals surface area contributed by atoms with Crippen LogP contribution >= 0.6 is 11.6 Å². The standard InChI is InChI=1S/C18H11ClF3NO6/c19-13-8-9-7-12(17(24)25)16(18(20,21)22)29-14(9)5-6-15(13)28-11-3-1-10(2-4-11)23(26)27/h1-5,7-8,16H,6H2,(H,24,25). The highest BCUT2D eigenvalue weighted by molar-refractivity contribution is 6.31. The molecule has 1 aliphatic heterocycles. The minimum atomic E-state index is -4.92. The Kier molecular flexibility index (Phi) is 5.38. The Labute approximate surface area is 166 Å². The molecule has 152 valence electrons. The molecule has 0 spiro atoms. The molecular formula is C18H11ClF3NO6. The smallest absolute Gasteiger partial charge is 0.430 e. The van der Waals surface area contributed by atoms with Crippen LogP contribution in [-0.4, -0.2) is 28.3 Å². The van der Waals surface area contributed by atoms with Gasteiger partial charge in [0, 0.05) is 24.1 Å². The van der Waals surface area contributed by atoms with Gasteiger partial charge in [-0.25, -0.2) is 4.79 Å². The third-order valence-electron chi connectivity index (χ3n) is 3.98. The van der Waals surface area contributed by atoms with Crippen molar-refractivity contribution in [3.63, 3.8) is 0 Å². The predicted octanol–water partition coefficient (Wildman–Crippen LogP) is 4.61. The van der Waals surface area contributed by atoms with Crippen molar-refractivity contribution in [2.24, 2.45) is 0 Å². The van der Waals surface area contributed by atoms with Gasteiger partial charge in [-0.1, -0.05) is 11.6 Å². The second-order valence-corrected chi connectivity index (χ2v) is 6.35. The largest absolute Gasteiger partial charge is 0.478 e. The Morgan fingerprint density at radius 2 is 1.93 bits per heavy atom. The second kappa shape index (κ2) is 7.63. The molecule has 0 saturated heterocycles. The van der Waals surface area contributed by atoms with Crippen molar-refractivity contribution in [2.45, 2.75) is 18.7 Å². The van der Waals surface area contributed by atoms with E-state index in [2.05, 4.69) is 0 Å². The molecule has 0 bridgehead atoms. The van der Waals surface area contributed by atoms with Crippen molar-refractivity contribution in [1.82, 2.24) is 0 Å². The van der Waals surface area contributed by atoms with Crippen LogP contribution in [0.1, 0.15) is 6.42 Å². The quantitative estimate of drug-likeness (QED) is 0.554. The number of carbonyl (C=O) groups is 1. The van der Waals surface area contributed by atoms with Crippen LogP contribution < -0.4 is 4.74 Å². The number of nitro groups is 1. The molecule has 29 heavy (non-hydrogen) atoms. The van der Waals surface area contributed by atoms with Crippen LogP contribution in [0.4, 0.5) is 18.9 Å². The van der Waals surface area contributed by atoms with Gasteiger partial charge >= 0.3 is 12.1 Å². The number of aliphatic carboxylic acids is 1. The summed E-state index contributed by atoms with van der Waals surface area (Å²) < 4.78 is 50.0. The first-order valence-corrected chi connectivity index (χ1v) is 8.35. The number of hydrogen-bond donors (Lipinski definition) is 1. The van der Waals surface area contributed by atoms with E-state index in [0.29, 0.717) is 0 Å². The fraction of sp³-hybridized carbons (Fsp3) is 0.167. The van der Waals surface area contributed by atoms with Crippen LogP contribution in [0.5, 0.6) is 5.75 Å². The lowest BCUT2D eigenvalue weighted by atomic mass is 10.0. The molecule has 0 saturated carbocycles. The van der Waals surface area contributed by atoms with Crippen LogP contribution in [-0.2, 0) is 9.53 Å². The molecule has 0 radical (unpaired) electrons. The zero-order chi connectivity index (χ0) is 21.3. The highest BCUT2D eigenvalue weighted by Crippen LogP contribution is 2.39. The number of ether oxygens (including phenoxy) is 2. The summed E-state index contributed by atoms with van der Waals surface area (Å²) in [6.45, 7) is 0. The van der Waals surface area contributed by atoms with Gasteiger partial charge in [-0.2, -0.15) is 13.2 Å². The molecule has 0 aromatic heterocycles. The second-order valence-electron chi connectivity index (χ2n) is 5.94. The summed E-state index contributed by atoms with van der Waals surface area (Å²) in [6.07, 6.45) is -4.21. The van der Waals surface area contributed by atoms with Crippen LogP contribution in [0.2, 0.25) is 0 Å². The van der Waals surface area contributed by atoms with E-state index in [1.165, 1.54) is 36.4 Å². The van der Waals surface area contributed by atoms with Crippen molar-refractivity contribution in [1.29, 1.82) is 0 Å². The molecule has 1 aromatic carbocycles.